The third-order valence-electron chi connectivity index (χ3n) is 3.56. The van der Waals surface area contributed by atoms with Crippen LogP contribution in [0.15, 0.2) is 48.7 Å². The van der Waals surface area contributed by atoms with Crippen LogP contribution in [0.1, 0.15) is 16.1 Å². The van der Waals surface area contributed by atoms with E-state index < -0.39 is 23.4 Å². The zero-order valence-electron chi connectivity index (χ0n) is 13.6. The molecule has 0 radical (unpaired) electrons. The predicted octanol–water partition coefficient (Wildman–Crippen LogP) is 4.20. The van der Waals surface area contributed by atoms with E-state index in [-0.39, 0.29) is 17.3 Å². The molecule has 0 aliphatic heterocycles. The zero-order valence-corrected chi connectivity index (χ0v) is 13.6. The highest BCUT2D eigenvalue weighted by Crippen LogP contribution is 2.22. The smallest absolute Gasteiger partial charge is 0.274 e. The lowest BCUT2D eigenvalue weighted by molar-refractivity contribution is 0.102. The van der Waals surface area contributed by atoms with E-state index in [0.29, 0.717) is 5.69 Å². The minimum Gasteiger partial charge on any atom is -0.322 e. The van der Waals surface area contributed by atoms with E-state index in [1.807, 2.05) is 19.1 Å². The summed E-state index contributed by atoms with van der Waals surface area (Å²) < 4.78 is 40.0. The van der Waals surface area contributed by atoms with Gasteiger partial charge in [-0.25, -0.2) is 23.1 Å². The number of anilines is 3. The van der Waals surface area contributed by atoms with Crippen LogP contribution in [0, 0.1) is 24.4 Å². The third-order valence-corrected chi connectivity index (χ3v) is 3.56. The summed E-state index contributed by atoms with van der Waals surface area (Å²) in [7, 11) is 0. The van der Waals surface area contributed by atoms with Gasteiger partial charge in [-0.3, -0.25) is 4.79 Å². The lowest BCUT2D eigenvalue weighted by Crippen LogP contribution is -2.15. The van der Waals surface area contributed by atoms with E-state index in [4.69, 9.17) is 0 Å². The summed E-state index contributed by atoms with van der Waals surface area (Å²) in [6.45, 7) is 1.84. The summed E-state index contributed by atoms with van der Waals surface area (Å²) in [5.74, 6) is -4.94. The Morgan fingerprint density at radius 3 is 2.50 bits per heavy atom. The molecule has 3 aromatic rings. The highest BCUT2D eigenvalue weighted by atomic mass is 19.2. The second-order valence-electron chi connectivity index (χ2n) is 5.38. The average molecular weight is 358 g/mol. The molecule has 0 atom stereocenters. The van der Waals surface area contributed by atoms with Crippen LogP contribution in [0.2, 0.25) is 0 Å². The quantitative estimate of drug-likeness (QED) is 0.686. The minimum absolute atomic E-state index is 0.0220. The molecule has 26 heavy (non-hydrogen) atoms. The molecule has 0 fully saturated rings. The molecular formula is C18H13F3N4O. The Balaban J connectivity index is 1.81. The minimum atomic E-state index is -1.61. The number of benzene rings is 2. The number of para-hydroxylation sites is 1. The number of aromatic nitrogens is 2. The molecule has 2 aromatic carbocycles. The van der Waals surface area contributed by atoms with Gasteiger partial charge >= 0.3 is 0 Å². The van der Waals surface area contributed by atoms with Gasteiger partial charge in [0.15, 0.2) is 17.5 Å². The Bertz CT molecular complexity index is 978. The summed E-state index contributed by atoms with van der Waals surface area (Å²) >= 11 is 0. The Hall–Kier alpha value is -3.42. The normalized spacial score (nSPS) is 10.5. The molecule has 1 aromatic heterocycles. The topological polar surface area (TPSA) is 66.9 Å². The summed E-state index contributed by atoms with van der Waals surface area (Å²) in [5, 5.41) is 5.13. The molecule has 132 valence electrons. The molecule has 0 aliphatic rings. The van der Waals surface area contributed by atoms with Crippen molar-refractivity contribution in [1.29, 1.82) is 0 Å². The molecule has 0 saturated carbocycles. The van der Waals surface area contributed by atoms with Gasteiger partial charge in [-0.1, -0.05) is 18.2 Å². The number of hydrogen-bond acceptors (Lipinski definition) is 4. The van der Waals surface area contributed by atoms with Gasteiger partial charge in [0.05, 0.1) is 5.69 Å². The Kier molecular flexibility index (Phi) is 4.83. The lowest BCUT2D eigenvalue weighted by atomic mass is 10.2. The summed E-state index contributed by atoms with van der Waals surface area (Å²) in [6.07, 6.45) is 1.29. The molecule has 3 rings (SSSR count). The Morgan fingerprint density at radius 1 is 0.962 bits per heavy atom. The highest BCUT2D eigenvalue weighted by molar-refractivity contribution is 6.03. The van der Waals surface area contributed by atoms with Crippen molar-refractivity contribution in [3.05, 3.63) is 77.4 Å². The van der Waals surface area contributed by atoms with Gasteiger partial charge in [0, 0.05) is 11.9 Å². The van der Waals surface area contributed by atoms with Crippen molar-refractivity contribution in [2.75, 3.05) is 10.6 Å². The maximum atomic E-state index is 13.7. The summed E-state index contributed by atoms with van der Waals surface area (Å²) in [6, 6.07) is 10.4. The van der Waals surface area contributed by atoms with Crippen molar-refractivity contribution in [1.82, 2.24) is 9.97 Å². The van der Waals surface area contributed by atoms with E-state index >= 15 is 0 Å². The molecule has 0 unspecified atom stereocenters. The maximum absolute atomic E-state index is 13.7. The molecule has 0 saturated heterocycles. The van der Waals surface area contributed by atoms with Crippen LogP contribution < -0.4 is 10.6 Å². The lowest BCUT2D eigenvalue weighted by Gasteiger charge is -2.09. The molecule has 0 aliphatic carbocycles. The predicted molar refractivity (Wildman–Crippen MR) is 90.8 cm³/mol. The van der Waals surface area contributed by atoms with Gasteiger partial charge in [0.2, 0.25) is 5.95 Å². The number of rotatable bonds is 4. The van der Waals surface area contributed by atoms with Crippen LogP contribution in [-0.2, 0) is 0 Å². The van der Waals surface area contributed by atoms with Crippen molar-refractivity contribution < 1.29 is 18.0 Å². The van der Waals surface area contributed by atoms with Gasteiger partial charge < -0.3 is 10.6 Å². The zero-order chi connectivity index (χ0) is 18.7. The fraction of sp³-hybridized carbons (Fsp3) is 0.0556. The van der Waals surface area contributed by atoms with Crippen LogP contribution in [0.25, 0.3) is 0 Å². The van der Waals surface area contributed by atoms with Crippen LogP contribution in [-0.4, -0.2) is 15.9 Å². The van der Waals surface area contributed by atoms with Crippen molar-refractivity contribution in [3.8, 4) is 0 Å². The second-order valence-corrected chi connectivity index (χ2v) is 5.38. The maximum Gasteiger partial charge on any atom is 0.274 e. The van der Waals surface area contributed by atoms with Crippen molar-refractivity contribution >= 4 is 23.2 Å². The molecule has 8 heteroatoms. The number of nitrogens with one attached hydrogen (secondary N) is 2. The van der Waals surface area contributed by atoms with E-state index in [1.165, 1.54) is 12.3 Å². The largest absolute Gasteiger partial charge is 0.322 e. The third kappa shape index (κ3) is 3.64. The van der Waals surface area contributed by atoms with E-state index in [1.54, 1.807) is 12.1 Å². The monoisotopic (exact) mass is 358 g/mol. The van der Waals surface area contributed by atoms with Crippen LogP contribution >= 0.6 is 0 Å². The van der Waals surface area contributed by atoms with Gasteiger partial charge in [-0.05, 0) is 36.8 Å². The fourth-order valence-corrected chi connectivity index (χ4v) is 2.19. The first-order valence-corrected chi connectivity index (χ1v) is 7.56. The Morgan fingerprint density at radius 2 is 1.73 bits per heavy atom. The SMILES string of the molecule is Cc1ccccc1NC(=O)c1ccnc(Nc2ccc(F)c(F)c2F)n1. The van der Waals surface area contributed by atoms with Crippen LogP contribution in [0.5, 0.6) is 0 Å². The first-order chi connectivity index (χ1) is 12.5. The van der Waals surface area contributed by atoms with Crippen LogP contribution in [0.4, 0.5) is 30.5 Å². The van der Waals surface area contributed by atoms with Crippen molar-refractivity contribution in [2.24, 2.45) is 0 Å². The number of carbonyl (C=O) groups excluding carboxylic acids is 1. The first-order valence-electron chi connectivity index (χ1n) is 7.56. The average Bonchev–Trinajstić information content (AvgIpc) is 2.64. The standard InChI is InChI=1S/C18H13F3N4O/c1-10-4-2-3-5-12(10)23-17(26)14-8-9-22-18(25-14)24-13-7-6-11(19)15(20)16(13)21/h2-9H,1H3,(H,23,26)(H,22,24,25). The van der Waals surface area contributed by atoms with Gasteiger partial charge in [0.25, 0.3) is 5.91 Å². The molecular weight excluding hydrogens is 345 g/mol. The fourth-order valence-electron chi connectivity index (χ4n) is 2.19. The number of aryl methyl sites for hydroxylation is 1. The number of hydrogen-bond donors (Lipinski definition) is 2. The number of carbonyl (C=O) groups is 1. The summed E-state index contributed by atoms with van der Waals surface area (Å²) in [4.78, 5) is 20.1. The van der Waals surface area contributed by atoms with E-state index in [0.717, 1.165) is 17.7 Å². The number of nitrogens with zero attached hydrogens (tertiary/aromatic N) is 2. The van der Waals surface area contributed by atoms with E-state index in [9.17, 15) is 18.0 Å². The van der Waals surface area contributed by atoms with Gasteiger partial charge in [0.1, 0.15) is 5.69 Å². The van der Waals surface area contributed by atoms with Gasteiger partial charge in [-0.15, -0.1) is 0 Å². The molecule has 5 nitrogen and oxygen atoms in total. The first kappa shape index (κ1) is 17.4. The van der Waals surface area contributed by atoms with Crippen LogP contribution in [0.3, 0.4) is 0 Å². The molecule has 2 N–H and O–H groups in total. The summed E-state index contributed by atoms with van der Waals surface area (Å²) in [5.41, 5.74) is 1.17. The second kappa shape index (κ2) is 7.22. The Labute approximate surface area is 146 Å². The molecule has 1 heterocycles. The molecule has 0 spiro atoms. The van der Waals surface area contributed by atoms with Crippen molar-refractivity contribution in [2.45, 2.75) is 6.92 Å². The molecule has 0 bridgehead atoms. The number of amides is 1. The molecule has 1 amide bonds. The van der Waals surface area contributed by atoms with Gasteiger partial charge in [-0.2, -0.15) is 0 Å². The highest BCUT2D eigenvalue weighted by Gasteiger charge is 2.15. The number of halogens is 3. The van der Waals surface area contributed by atoms with E-state index in [2.05, 4.69) is 20.6 Å². The van der Waals surface area contributed by atoms with Crippen molar-refractivity contribution in [3.63, 3.8) is 0 Å².